The summed E-state index contributed by atoms with van der Waals surface area (Å²) in [7, 11) is 1.47. The van der Waals surface area contributed by atoms with Crippen LogP contribution in [0, 0.1) is 22.0 Å². The van der Waals surface area contributed by atoms with Crippen LogP contribution >= 0.6 is 0 Å². The van der Waals surface area contributed by atoms with E-state index < -0.39 is 17.3 Å². The summed E-state index contributed by atoms with van der Waals surface area (Å²) in [6.07, 6.45) is -0.0208. The second-order valence-corrected chi connectivity index (χ2v) is 5.03. The van der Waals surface area contributed by atoms with Crippen LogP contribution in [-0.2, 0) is 24.0 Å². The quantitative estimate of drug-likeness (QED) is 0.548. The number of nitrogens with zero attached hydrogens (tertiary/aromatic N) is 1. The van der Waals surface area contributed by atoms with Gasteiger partial charge >= 0.3 is 6.15 Å². The Morgan fingerprint density at radius 2 is 1.90 bits per heavy atom. The van der Waals surface area contributed by atoms with E-state index in [9.17, 15) is 14.9 Å². The van der Waals surface area contributed by atoms with Gasteiger partial charge in [0.25, 0.3) is 5.09 Å². The lowest BCUT2D eigenvalue weighted by atomic mass is 10.1. The fourth-order valence-corrected chi connectivity index (χ4v) is 2.09. The normalized spacial score (nSPS) is 23.7. The van der Waals surface area contributed by atoms with Crippen molar-refractivity contribution in [2.45, 2.75) is 38.9 Å². The zero-order valence-corrected chi connectivity index (χ0v) is 12.2. The van der Waals surface area contributed by atoms with E-state index >= 15 is 0 Å². The van der Waals surface area contributed by atoms with Crippen LogP contribution in [0.25, 0.3) is 0 Å². The summed E-state index contributed by atoms with van der Waals surface area (Å²) < 4.78 is 5.12. The zero-order chi connectivity index (χ0) is 16.4. The summed E-state index contributed by atoms with van der Waals surface area (Å²) in [5.41, 5.74) is 0. The minimum absolute atomic E-state index is 0.0832. The van der Waals surface area contributed by atoms with Gasteiger partial charge in [-0.2, -0.15) is 9.59 Å². The lowest BCUT2D eigenvalue weighted by Crippen LogP contribution is -2.32. The third-order valence-corrected chi connectivity index (χ3v) is 3.03. The Kier molecular flexibility index (Phi) is 8.91. The second-order valence-electron chi connectivity index (χ2n) is 5.03. The summed E-state index contributed by atoms with van der Waals surface area (Å²) in [5, 5.41) is 12.3. The van der Waals surface area contributed by atoms with E-state index in [0.717, 1.165) is 0 Å². The van der Waals surface area contributed by atoms with Crippen molar-refractivity contribution in [2.75, 3.05) is 13.7 Å². The number of ether oxygens (including phenoxy) is 1. The predicted octanol–water partition coefficient (Wildman–Crippen LogP) is 0.177. The third kappa shape index (κ3) is 7.38. The van der Waals surface area contributed by atoms with Gasteiger partial charge in [0.1, 0.15) is 6.10 Å². The van der Waals surface area contributed by atoms with E-state index in [1.165, 1.54) is 7.11 Å². The highest BCUT2D eigenvalue weighted by Crippen LogP contribution is 2.30. The number of amides is 1. The second kappa shape index (κ2) is 9.84. The number of methoxy groups -OCH3 is 1. The molecule has 3 atom stereocenters. The maximum atomic E-state index is 11.9. The predicted molar refractivity (Wildman–Crippen MR) is 68.2 cm³/mol. The van der Waals surface area contributed by atoms with Gasteiger partial charge in [-0.15, -0.1) is 10.1 Å². The topological polar surface area (TPSA) is 125 Å². The molecule has 0 spiro atoms. The molecule has 9 nitrogen and oxygen atoms in total. The van der Waals surface area contributed by atoms with E-state index in [1.807, 2.05) is 13.8 Å². The first kappa shape index (κ1) is 19.0. The molecule has 0 aromatic heterocycles. The van der Waals surface area contributed by atoms with Gasteiger partial charge in [0.05, 0.1) is 6.10 Å². The van der Waals surface area contributed by atoms with E-state index in [2.05, 4.69) is 10.2 Å². The fraction of sp³-hybridized carbons (Fsp3) is 0.833. The monoisotopic (exact) mass is 304 g/mol. The van der Waals surface area contributed by atoms with Crippen LogP contribution in [-0.4, -0.2) is 43.0 Å². The smallest absolute Gasteiger partial charge is 0.373 e. The first-order valence-corrected chi connectivity index (χ1v) is 6.46. The molecule has 120 valence electrons. The van der Waals surface area contributed by atoms with Crippen molar-refractivity contribution in [2.24, 2.45) is 11.8 Å². The molecule has 0 saturated heterocycles. The molecule has 9 heteroatoms. The first-order valence-electron chi connectivity index (χ1n) is 6.46. The van der Waals surface area contributed by atoms with E-state index in [1.54, 1.807) is 0 Å². The third-order valence-electron chi connectivity index (χ3n) is 3.03. The molecule has 0 radical (unpaired) electrons. The van der Waals surface area contributed by atoms with Gasteiger partial charge in [-0.1, -0.05) is 13.8 Å². The molecule has 0 unspecified atom stereocenters. The highest BCUT2D eigenvalue weighted by molar-refractivity contribution is 5.79. The van der Waals surface area contributed by atoms with Crippen LogP contribution < -0.4 is 5.32 Å². The number of carbonyl (C=O) groups is 1. The van der Waals surface area contributed by atoms with Gasteiger partial charge in [-0.25, -0.2) is 0 Å². The standard InChI is InChI=1S/C11H20N2O5.CO2/c1-7(2)6-12-11(14)8-4-9(17-3)10(5-8)18-13(15)16;2-1-3/h7-10H,4-6H2,1-3H3,(H,12,14);/t8-,9+,10+;/m1./s1. The summed E-state index contributed by atoms with van der Waals surface area (Å²) in [6.45, 7) is 4.62. The molecule has 21 heavy (non-hydrogen) atoms. The fourth-order valence-electron chi connectivity index (χ4n) is 2.09. The lowest BCUT2D eigenvalue weighted by molar-refractivity contribution is -0.770. The summed E-state index contributed by atoms with van der Waals surface area (Å²) in [6, 6.07) is 0. The van der Waals surface area contributed by atoms with Crippen molar-refractivity contribution in [3.63, 3.8) is 0 Å². The molecule has 0 aliphatic heterocycles. The molecular formula is C12H20N2O7. The van der Waals surface area contributed by atoms with Crippen molar-refractivity contribution in [3.8, 4) is 0 Å². The average Bonchev–Trinajstić information content (AvgIpc) is 2.79. The molecule has 0 bridgehead atoms. The Bertz CT molecular complexity index is 380. The van der Waals surface area contributed by atoms with Crippen LogP contribution in [0.4, 0.5) is 0 Å². The number of carbonyl (C=O) groups excluding carboxylic acids is 3. The van der Waals surface area contributed by atoms with Crippen molar-refractivity contribution in [1.29, 1.82) is 0 Å². The Labute approximate surface area is 122 Å². The van der Waals surface area contributed by atoms with Crippen LogP contribution in [0.3, 0.4) is 0 Å². The maximum Gasteiger partial charge on any atom is 0.373 e. The zero-order valence-electron chi connectivity index (χ0n) is 12.2. The first-order chi connectivity index (χ1) is 9.85. The highest BCUT2D eigenvalue weighted by atomic mass is 17.0. The molecule has 1 rings (SSSR count). The largest absolute Gasteiger partial charge is 0.379 e. The highest BCUT2D eigenvalue weighted by Gasteiger charge is 2.40. The summed E-state index contributed by atoms with van der Waals surface area (Å²) >= 11 is 0. The molecule has 0 heterocycles. The number of rotatable bonds is 6. The SMILES string of the molecule is CO[C@H]1C[C@@H](C(=O)NCC(C)C)C[C@@H]1O[N+](=O)[O-].O=C=O. The van der Waals surface area contributed by atoms with Crippen LogP contribution in [0.1, 0.15) is 26.7 Å². The minimum Gasteiger partial charge on any atom is -0.379 e. The van der Waals surface area contributed by atoms with Gasteiger partial charge in [-0.05, 0) is 18.8 Å². The Morgan fingerprint density at radius 3 is 2.33 bits per heavy atom. The summed E-state index contributed by atoms with van der Waals surface area (Å²) in [5.74, 6) is 0.0123. The Balaban J connectivity index is 0.00000122. The molecule has 1 aliphatic rings. The molecule has 1 saturated carbocycles. The van der Waals surface area contributed by atoms with Crippen molar-refractivity contribution in [1.82, 2.24) is 5.32 Å². The number of nitrogens with one attached hydrogen (secondary N) is 1. The minimum atomic E-state index is -0.828. The summed E-state index contributed by atoms with van der Waals surface area (Å²) in [4.78, 5) is 43.0. The Morgan fingerprint density at radius 1 is 1.38 bits per heavy atom. The lowest BCUT2D eigenvalue weighted by Gasteiger charge is -2.14. The molecule has 1 aliphatic carbocycles. The molecule has 0 aromatic rings. The van der Waals surface area contributed by atoms with Crippen molar-refractivity contribution >= 4 is 12.1 Å². The van der Waals surface area contributed by atoms with Gasteiger partial charge < -0.3 is 14.9 Å². The number of hydrogen-bond acceptors (Lipinski definition) is 7. The van der Waals surface area contributed by atoms with Gasteiger partial charge in [0.15, 0.2) is 0 Å². The van der Waals surface area contributed by atoms with Crippen molar-refractivity contribution in [3.05, 3.63) is 10.1 Å². The molecular weight excluding hydrogens is 284 g/mol. The van der Waals surface area contributed by atoms with Crippen LogP contribution in [0.2, 0.25) is 0 Å². The van der Waals surface area contributed by atoms with Crippen molar-refractivity contribution < 1.29 is 29.0 Å². The molecule has 1 fully saturated rings. The van der Waals surface area contributed by atoms with Gasteiger partial charge in [-0.3, -0.25) is 4.79 Å². The molecule has 0 aromatic carbocycles. The van der Waals surface area contributed by atoms with Crippen LogP contribution in [0.15, 0.2) is 0 Å². The van der Waals surface area contributed by atoms with Crippen LogP contribution in [0.5, 0.6) is 0 Å². The molecule has 1 N–H and O–H groups in total. The maximum absolute atomic E-state index is 11.9. The number of hydrogen-bond donors (Lipinski definition) is 1. The van der Waals surface area contributed by atoms with E-state index in [4.69, 9.17) is 14.3 Å². The average molecular weight is 304 g/mol. The van der Waals surface area contributed by atoms with E-state index in [0.29, 0.717) is 25.3 Å². The molecule has 1 amide bonds. The van der Waals surface area contributed by atoms with Gasteiger partial charge in [0, 0.05) is 19.6 Å². The van der Waals surface area contributed by atoms with E-state index in [-0.39, 0.29) is 18.0 Å². The Hall–Kier alpha value is -1.99. The van der Waals surface area contributed by atoms with Gasteiger partial charge in [0.2, 0.25) is 5.91 Å².